The Morgan fingerprint density at radius 1 is 1.20 bits per heavy atom. The predicted molar refractivity (Wildman–Crippen MR) is 114 cm³/mol. The first-order valence-electron chi connectivity index (χ1n) is 10.8. The average Bonchev–Trinajstić information content (AvgIpc) is 2.93. The summed E-state index contributed by atoms with van der Waals surface area (Å²) >= 11 is 0. The molecule has 1 saturated heterocycles. The molecule has 0 bridgehead atoms. The Bertz CT molecular complexity index is 917. The zero-order chi connectivity index (χ0) is 21.1. The second-order valence-electron chi connectivity index (χ2n) is 8.07. The van der Waals surface area contributed by atoms with Crippen molar-refractivity contribution in [2.45, 2.75) is 39.3 Å². The number of hydrogen-bond donors (Lipinski definition) is 0. The molecule has 0 aromatic heterocycles. The van der Waals surface area contributed by atoms with E-state index in [4.69, 9.17) is 9.47 Å². The number of amides is 1. The lowest BCUT2D eigenvalue weighted by Crippen LogP contribution is -2.35. The van der Waals surface area contributed by atoms with Gasteiger partial charge < -0.3 is 14.4 Å². The Kier molecular flexibility index (Phi) is 6.23. The summed E-state index contributed by atoms with van der Waals surface area (Å²) in [5.74, 6) is 1.39. The van der Waals surface area contributed by atoms with Gasteiger partial charge in [0.2, 0.25) is 0 Å². The third-order valence-corrected chi connectivity index (χ3v) is 5.72. The SMILES string of the molecule is CCOc1cc2c(cc1CN1CCCN(C(=O)c3cccc(F)c3)CC1)OC(C)C2. The van der Waals surface area contributed by atoms with E-state index in [0.717, 1.165) is 49.5 Å². The van der Waals surface area contributed by atoms with E-state index in [2.05, 4.69) is 24.0 Å². The molecule has 2 heterocycles. The van der Waals surface area contributed by atoms with Gasteiger partial charge in [-0.3, -0.25) is 9.69 Å². The molecule has 6 heteroatoms. The Balaban J connectivity index is 1.44. The van der Waals surface area contributed by atoms with Crippen LogP contribution in [-0.4, -0.2) is 54.6 Å². The second-order valence-corrected chi connectivity index (χ2v) is 8.07. The molecule has 2 aromatic rings. The van der Waals surface area contributed by atoms with E-state index < -0.39 is 0 Å². The fraction of sp³-hybridized carbons (Fsp3) is 0.458. The topological polar surface area (TPSA) is 42.0 Å². The monoisotopic (exact) mass is 412 g/mol. The Morgan fingerprint density at radius 2 is 2.07 bits per heavy atom. The first kappa shape index (κ1) is 20.7. The smallest absolute Gasteiger partial charge is 0.254 e. The molecule has 0 N–H and O–H groups in total. The third-order valence-electron chi connectivity index (χ3n) is 5.72. The number of nitrogens with zero attached hydrogens (tertiary/aromatic N) is 2. The predicted octanol–water partition coefficient (Wildman–Crippen LogP) is 3.90. The van der Waals surface area contributed by atoms with Crippen LogP contribution in [0.15, 0.2) is 36.4 Å². The van der Waals surface area contributed by atoms with E-state index in [9.17, 15) is 9.18 Å². The molecule has 2 aliphatic rings. The van der Waals surface area contributed by atoms with E-state index in [0.29, 0.717) is 25.3 Å². The first-order chi connectivity index (χ1) is 14.5. The van der Waals surface area contributed by atoms with E-state index in [1.165, 1.54) is 17.7 Å². The number of halogens is 1. The molecule has 4 rings (SSSR count). The summed E-state index contributed by atoms with van der Waals surface area (Å²) in [7, 11) is 0. The number of ether oxygens (including phenoxy) is 2. The molecule has 0 spiro atoms. The van der Waals surface area contributed by atoms with Crippen LogP contribution in [0, 0.1) is 5.82 Å². The molecular formula is C24H29FN2O3. The number of hydrogen-bond acceptors (Lipinski definition) is 4. The van der Waals surface area contributed by atoms with Crippen molar-refractivity contribution in [3.05, 3.63) is 58.9 Å². The summed E-state index contributed by atoms with van der Waals surface area (Å²) in [5, 5.41) is 0. The lowest BCUT2D eigenvalue weighted by Gasteiger charge is -2.23. The molecule has 0 aliphatic carbocycles. The maximum atomic E-state index is 13.5. The Hall–Kier alpha value is -2.60. The van der Waals surface area contributed by atoms with Gasteiger partial charge in [0, 0.05) is 55.8 Å². The van der Waals surface area contributed by atoms with Crippen LogP contribution in [0.5, 0.6) is 11.5 Å². The van der Waals surface area contributed by atoms with Gasteiger partial charge in [0.1, 0.15) is 23.4 Å². The largest absolute Gasteiger partial charge is 0.494 e. The summed E-state index contributed by atoms with van der Waals surface area (Å²) in [5.41, 5.74) is 2.74. The number of benzene rings is 2. The molecule has 2 aromatic carbocycles. The minimum absolute atomic E-state index is 0.105. The molecule has 30 heavy (non-hydrogen) atoms. The van der Waals surface area contributed by atoms with Gasteiger partial charge in [-0.1, -0.05) is 6.07 Å². The zero-order valence-electron chi connectivity index (χ0n) is 17.7. The quantitative estimate of drug-likeness (QED) is 0.747. The van der Waals surface area contributed by atoms with Crippen LogP contribution in [0.1, 0.15) is 41.8 Å². The molecule has 1 fully saturated rings. The van der Waals surface area contributed by atoms with Crippen LogP contribution in [0.4, 0.5) is 4.39 Å². The van der Waals surface area contributed by atoms with Crippen molar-refractivity contribution in [2.75, 3.05) is 32.8 Å². The lowest BCUT2D eigenvalue weighted by atomic mass is 10.1. The number of rotatable bonds is 5. The third kappa shape index (κ3) is 4.59. The van der Waals surface area contributed by atoms with Crippen molar-refractivity contribution < 1.29 is 18.7 Å². The highest BCUT2D eigenvalue weighted by Crippen LogP contribution is 2.35. The highest BCUT2D eigenvalue weighted by molar-refractivity contribution is 5.94. The van der Waals surface area contributed by atoms with Gasteiger partial charge >= 0.3 is 0 Å². The van der Waals surface area contributed by atoms with E-state index in [1.807, 2.05) is 11.8 Å². The van der Waals surface area contributed by atoms with E-state index in [1.54, 1.807) is 12.1 Å². The van der Waals surface area contributed by atoms with Gasteiger partial charge in [-0.05, 0) is 50.6 Å². The minimum atomic E-state index is -0.381. The molecule has 1 atom stereocenters. The molecule has 0 radical (unpaired) electrons. The molecule has 1 unspecified atom stereocenters. The zero-order valence-corrected chi connectivity index (χ0v) is 17.7. The Morgan fingerprint density at radius 3 is 2.87 bits per heavy atom. The lowest BCUT2D eigenvalue weighted by molar-refractivity contribution is 0.0760. The first-order valence-corrected chi connectivity index (χ1v) is 10.8. The van der Waals surface area contributed by atoms with Gasteiger partial charge in [0.25, 0.3) is 5.91 Å². The number of fused-ring (bicyclic) bond motifs is 1. The van der Waals surface area contributed by atoms with Gasteiger partial charge in [-0.25, -0.2) is 4.39 Å². The van der Waals surface area contributed by atoms with Crippen LogP contribution in [0.25, 0.3) is 0 Å². The number of carbonyl (C=O) groups excluding carboxylic acids is 1. The van der Waals surface area contributed by atoms with Crippen molar-refractivity contribution in [3.8, 4) is 11.5 Å². The molecule has 0 saturated carbocycles. The molecule has 160 valence electrons. The molecule has 5 nitrogen and oxygen atoms in total. The van der Waals surface area contributed by atoms with Crippen molar-refractivity contribution in [2.24, 2.45) is 0 Å². The van der Waals surface area contributed by atoms with Gasteiger partial charge in [0.05, 0.1) is 6.61 Å². The fourth-order valence-corrected chi connectivity index (χ4v) is 4.27. The summed E-state index contributed by atoms with van der Waals surface area (Å²) in [6.07, 6.45) is 1.99. The maximum Gasteiger partial charge on any atom is 0.254 e. The highest BCUT2D eigenvalue weighted by Gasteiger charge is 2.24. The summed E-state index contributed by atoms with van der Waals surface area (Å²) in [4.78, 5) is 16.9. The standard InChI is InChI=1S/C24H29FN2O3/c1-3-29-22-14-19-12-17(2)30-23(19)15-20(22)16-26-8-5-9-27(11-10-26)24(28)18-6-4-7-21(25)13-18/h4,6-7,13-15,17H,3,5,8-12,16H2,1-2H3. The van der Waals surface area contributed by atoms with Gasteiger partial charge in [-0.2, -0.15) is 0 Å². The molecular weight excluding hydrogens is 383 g/mol. The summed E-state index contributed by atoms with van der Waals surface area (Å²) in [6.45, 7) is 8.41. The van der Waals surface area contributed by atoms with Crippen molar-refractivity contribution >= 4 is 5.91 Å². The van der Waals surface area contributed by atoms with Crippen LogP contribution < -0.4 is 9.47 Å². The number of carbonyl (C=O) groups is 1. The average molecular weight is 413 g/mol. The summed E-state index contributed by atoms with van der Waals surface area (Å²) < 4.78 is 25.4. The van der Waals surface area contributed by atoms with E-state index >= 15 is 0 Å². The maximum absolute atomic E-state index is 13.5. The minimum Gasteiger partial charge on any atom is -0.494 e. The fourth-order valence-electron chi connectivity index (χ4n) is 4.27. The van der Waals surface area contributed by atoms with Gasteiger partial charge in [-0.15, -0.1) is 0 Å². The van der Waals surface area contributed by atoms with Crippen LogP contribution >= 0.6 is 0 Å². The second kappa shape index (κ2) is 9.04. The van der Waals surface area contributed by atoms with Crippen molar-refractivity contribution in [1.82, 2.24) is 9.80 Å². The molecule has 2 aliphatic heterocycles. The van der Waals surface area contributed by atoms with Gasteiger partial charge in [0.15, 0.2) is 0 Å². The van der Waals surface area contributed by atoms with Crippen LogP contribution in [0.2, 0.25) is 0 Å². The van der Waals surface area contributed by atoms with Crippen LogP contribution in [-0.2, 0) is 13.0 Å². The normalized spacial score (nSPS) is 19.2. The van der Waals surface area contributed by atoms with E-state index in [-0.39, 0.29) is 17.8 Å². The van der Waals surface area contributed by atoms with Crippen molar-refractivity contribution in [3.63, 3.8) is 0 Å². The van der Waals surface area contributed by atoms with Crippen molar-refractivity contribution in [1.29, 1.82) is 0 Å². The highest BCUT2D eigenvalue weighted by atomic mass is 19.1. The van der Waals surface area contributed by atoms with Crippen LogP contribution in [0.3, 0.4) is 0 Å². The molecule has 1 amide bonds. The Labute approximate surface area is 177 Å². The summed E-state index contributed by atoms with van der Waals surface area (Å²) in [6, 6.07) is 10.2.